The molecule has 0 atom stereocenters. The summed E-state index contributed by atoms with van der Waals surface area (Å²) in [6.45, 7) is 3.99. The molecule has 0 N–H and O–H groups in total. The monoisotopic (exact) mass is 222 g/mol. The predicted molar refractivity (Wildman–Crippen MR) is 59.5 cm³/mol. The largest absolute Gasteiger partial charge is 0.448 e. The smallest absolute Gasteiger partial charge is 0.433 e. The lowest BCUT2D eigenvalue weighted by molar-refractivity contribution is 0.105. The number of benzene rings is 1. The van der Waals surface area contributed by atoms with Crippen molar-refractivity contribution in [3.05, 3.63) is 40.3 Å². The molecule has 0 fully saturated rings. The maximum atomic E-state index is 11.3. The Hall–Kier alpha value is -1.91. The topological polar surface area (TPSA) is 59.0 Å². The zero-order chi connectivity index (χ0) is 12.0. The summed E-state index contributed by atoms with van der Waals surface area (Å²) in [5, 5.41) is 3.39. The molecule has 1 amide bonds. The first kappa shape index (κ1) is 12.2. The zero-order valence-corrected chi connectivity index (χ0v) is 9.34. The van der Waals surface area contributed by atoms with E-state index in [1.165, 1.54) is 0 Å². The van der Waals surface area contributed by atoms with Crippen molar-refractivity contribution < 1.29 is 9.53 Å². The van der Waals surface area contributed by atoms with Gasteiger partial charge in [0.05, 0.1) is 18.4 Å². The highest BCUT2D eigenvalue weighted by atomic mass is 16.6. The maximum Gasteiger partial charge on any atom is 0.433 e. The third-order valence-corrected chi connectivity index (χ3v) is 2.03. The number of rotatable bonds is 4. The van der Waals surface area contributed by atoms with Gasteiger partial charge in [0, 0.05) is 0 Å². The molecule has 0 saturated heterocycles. The Balaban J connectivity index is 2.66. The highest BCUT2D eigenvalue weighted by Crippen LogP contribution is 2.08. The maximum absolute atomic E-state index is 11.3. The van der Waals surface area contributed by atoms with Crippen molar-refractivity contribution in [1.82, 2.24) is 5.01 Å². The number of hydrogen-bond donors (Lipinski definition) is 0. The number of ether oxygens (including phenoxy) is 1. The predicted octanol–water partition coefficient (Wildman–Crippen LogP) is 2.63. The number of amides is 1. The van der Waals surface area contributed by atoms with Crippen LogP contribution in [0.15, 0.2) is 29.6 Å². The van der Waals surface area contributed by atoms with Gasteiger partial charge in [0.25, 0.3) is 0 Å². The second kappa shape index (κ2) is 5.85. The molecule has 0 spiro atoms. The first-order valence-electron chi connectivity index (χ1n) is 5.00. The summed E-state index contributed by atoms with van der Waals surface area (Å²) >= 11 is 0. The summed E-state index contributed by atoms with van der Waals surface area (Å²) in [6, 6.07) is 7.49. The summed E-state index contributed by atoms with van der Waals surface area (Å²) < 4.78 is 4.68. The van der Waals surface area contributed by atoms with E-state index in [1.54, 1.807) is 6.92 Å². The first-order valence-corrected chi connectivity index (χ1v) is 5.00. The van der Waals surface area contributed by atoms with Gasteiger partial charge in [-0.15, -0.1) is 4.91 Å². The molecule has 1 rings (SSSR count). The number of nitrogens with zero attached hydrogens (tertiary/aromatic N) is 2. The molecule has 5 heteroatoms. The molecular weight excluding hydrogens is 208 g/mol. The van der Waals surface area contributed by atoms with Crippen molar-refractivity contribution in [1.29, 1.82) is 0 Å². The minimum Gasteiger partial charge on any atom is -0.448 e. The van der Waals surface area contributed by atoms with E-state index in [9.17, 15) is 9.70 Å². The summed E-state index contributed by atoms with van der Waals surface area (Å²) in [5.74, 6) is 0. The Morgan fingerprint density at radius 2 is 2.00 bits per heavy atom. The van der Waals surface area contributed by atoms with E-state index < -0.39 is 6.09 Å². The Morgan fingerprint density at radius 1 is 1.38 bits per heavy atom. The molecule has 86 valence electrons. The van der Waals surface area contributed by atoms with E-state index in [0.717, 1.165) is 16.1 Å². The molecule has 0 aliphatic carbocycles. The first-order chi connectivity index (χ1) is 7.67. The molecule has 0 aromatic heterocycles. The van der Waals surface area contributed by atoms with E-state index >= 15 is 0 Å². The normalized spacial score (nSPS) is 9.62. The molecule has 0 bridgehead atoms. The van der Waals surface area contributed by atoms with E-state index in [0.29, 0.717) is 0 Å². The van der Waals surface area contributed by atoms with Gasteiger partial charge < -0.3 is 4.74 Å². The van der Waals surface area contributed by atoms with E-state index in [1.807, 2.05) is 31.2 Å². The van der Waals surface area contributed by atoms with Gasteiger partial charge in [0.1, 0.15) is 0 Å². The fraction of sp³-hybridized carbons (Fsp3) is 0.364. The van der Waals surface area contributed by atoms with Crippen LogP contribution in [0.4, 0.5) is 4.79 Å². The fourth-order valence-corrected chi connectivity index (χ4v) is 1.19. The van der Waals surface area contributed by atoms with Gasteiger partial charge in [-0.1, -0.05) is 29.8 Å². The lowest BCUT2D eigenvalue weighted by Crippen LogP contribution is -2.25. The van der Waals surface area contributed by atoms with Crippen LogP contribution >= 0.6 is 0 Å². The zero-order valence-electron chi connectivity index (χ0n) is 9.34. The number of carbonyl (C=O) groups is 1. The van der Waals surface area contributed by atoms with E-state index in [-0.39, 0.29) is 13.2 Å². The number of carbonyl (C=O) groups excluding carboxylic acids is 1. The summed E-state index contributed by atoms with van der Waals surface area (Å²) in [4.78, 5) is 21.7. The van der Waals surface area contributed by atoms with E-state index in [2.05, 4.69) is 10.0 Å². The standard InChI is InChI=1S/C11H14N2O3/c1-3-16-11(14)13(12-15)8-10-6-4-9(2)5-7-10/h4-7H,3,8H2,1-2H3. The minimum atomic E-state index is -0.724. The summed E-state index contributed by atoms with van der Waals surface area (Å²) in [6.07, 6.45) is -0.724. The van der Waals surface area contributed by atoms with Crippen molar-refractivity contribution in [2.75, 3.05) is 6.61 Å². The van der Waals surface area contributed by atoms with Gasteiger partial charge in [-0.05, 0) is 19.4 Å². The molecule has 0 unspecified atom stereocenters. The Bertz CT molecular complexity index is 362. The molecule has 0 radical (unpaired) electrons. The highest BCUT2D eigenvalue weighted by molar-refractivity contribution is 5.67. The second-order valence-electron chi connectivity index (χ2n) is 3.32. The van der Waals surface area contributed by atoms with Crippen molar-refractivity contribution in [2.24, 2.45) is 5.29 Å². The molecule has 1 aromatic carbocycles. The lowest BCUT2D eigenvalue weighted by Gasteiger charge is -2.12. The number of hydrogen-bond acceptors (Lipinski definition) is 4. The lowest BCUT2D eigenvalue weighted by atomic mass is 10.1. The van der Waals surface area contributed by atoms with Gasteiger partial charge in [-0.25, -0.2) is 4.79 Å². The molecule has 0 heterocycles. The number of nitroso groups, excluding NO2 is 1. The molecule has 16 heavy (non-hydrogen) atoms. The van der Waals surface area contributed by atoms with Crippen LogP contribution in [0.3, 0.4) is 0 Å². The van der Waals surface area contributed by atoms with Crippen molar-refractivity contribution in [3.63, 3.8) is 0 Å². The van der Waals surface area contributed by atoms with Gasteiger partial charge in [0.15, 0.2) is 0 Å². The van der Waals surface area contributed by atoms with Crippen LogP contribution in [-0.2, 0) is 11.3 Å². The van der Waals surface area contributed by atoms with Crippen LogP contribution in [0.25, 0.3) is 0 Å². The van der Waals surface area contributed by atoms with Gasteiger partial charge in [0.2, 0.25) is 0 Å². The van der Waals surface area contributed by atoms with Crippen LogP contribution in [0.2, 0.25) is 0 Å². The Morgan fingerprint density at radius 3 is 2.50 bits per heavy atom. The van der Waals surface area contributed by atoms with Gasteiger partial charge >= 0.3 is 6.09 Å². The second-order valence-corrected chi connectivity index (χ2v) is 3.32. The van der Waals surface area contributed by atoms with Crippen LogP contribution in [0.1, 0.15) is 18.1 Å². The molecule has 0 aliphatic rings. The summed E-state index contributed by atoms with van der Waals surface area (Å²) in [5.41, 5.74) is 1.95. The van der Waals surface area contributed by atoms with Crippen LogP contribution in [-0.4, -0.2) is 17.7 Å². The van der Waals surface area contributed by atoms with Crippen molar-refractivity contribution >= 4 is 6.09 Å². The Kier molecular flexibility index (Phi) is 4.44. The third-order valence-electron chi connectivity index (χ3n) is 2.03. The van der Waals surface area contributed by atoms with Crippen molar-refractivity contribution in [2.45, 2.75) is 20.4 Å². The van der Waals surface area contributed by atoms with Gasteiger partial charge in [-0.3, -0.25) is 0 Å². The highest BCUT2D eigenvalue weighted by Gasteiger charge is 2.15. The average Bonchev–Trinajstić information content (AvgIpc) is 2.28. The number of aryl methyl sites for hydroxylation is 1. The van der Waals surface area contributed by atoms with Gasteiger partial charge in [-0.2, -0.15) is 5.01 Å². The van der Waals surface area contributed by atoms with Crippen LogP contribution in [0, 0.1) is 11.8 Å². The molecule has 5 nitrogen and oxygen atoms in total. The van der Waals surface area contributed by atoms with Crippen LogP contribution < -0.4 is 0 Å². The third kappa shape index (κ3) is 3.34. The average molecular weight is 222 g/mol. The quantitative estimate of drug-likeness (QED) is 0.581. The summed E-state index contributed by atoms with van der Waals surface area (Å²) in [7, 11) is 0. The molecule has 0 aliphatic heterocycles. The van der Waals surface area contributed by atoms with E-state index in [4.69, 9.17) is 0 Å². The fourth-order valence-electron chi connectivity index (χ4n) is 1.19. The van der Waals surface area contributed by atoms with Crippen molar-refractivity contribution in [3.8, 4) is 0 Å². The SMILES string of the molecule is CCOC(=O)N(Cc1ccc(C)cc1)N=O. The molecular formula is C11H14N2O3. The van der Waals surface area contributed by atoms with Crippen LogP contribution in [0.5, 0.6) is 0 Å². The molecule has 1 aromatic rings. The molecule has 0 saturated carbocycles. The minimum absolute atomic E-state index is 0.128. The Labute approximate surface area is 94.0 Å².